The first-order valence-corrected chi connectivity index (χ1v) is 9.01. The Hall–Kier alpha value is -1.60. The molecule has 6 nitrogen and oxygen atoms in total. The monoisotopic (exact) mass is 326 g/mol. The lowest BCUT2D eigenvalue weighted by molar-refractivity contribution is -0.128. The lowest BCUT2D eigenvalue weighted by atomic mass is 9.95. The third kappa shape index (κ3) is 4.71. The second-order valence-electron chi connectivity index (χ2n) is 5.62. The number of amides is 1. The van der Waals surface area contributed by atoms with Crippen LogP contribution in [-0.4, -0.2) is 26.5 Å². The van der Waals surface area contributed by atoms with Crippen molar-refractivity contribution in [3.8, 4) is 5.75 Å². The van der Waals surface area contributed by atoms with E-state index in [9.17, 15) is 13.2 Å². The molecule has 0 aromatic heterocycles. The molecule has 122 valence electrons. The molecule has 1 fully saturated rings. The summed E-state index contributed by atoms with van der Waals surface area (Å²) in [6, 6.07) is 5.93. The highest BCUT2D eigenvalue weighted by atomic mass is 32.2. The summed E-state index contributed by atoms with van der Waals surface area (Å²) in [4.78, 5) is 12.1. The summed E-state index contributed by atoms with van der Waals surface area (Å²) < 4.78 is 27.9. The molecule has 3 N–H and O–H groups in total. The maximum Gasteiger partial charge on any atom is 0.260 e. The van der Waals surface area contributed by atoms with Gasteiger partial charge < -0.3 is 10.1 Å². The quantitative estimate of drug-likeness (QED) is 0.857. The standard InChI is InChI=1S/C15H22N2O4S/c1-11(15(18)17-12-5-3-2-4-6-12)21-13-7-9-14(10-8-13)22(16,19)20/h7-12H,2-6H2,1H3,(H,17,18)(H2,16,19,20)/t11-/m1/s1. The number of nitrogens with one attached hydrogen (secondary N) is 1. The fraction of sp³-hybridized carbons (Fsp3) is 0.533. The summed E-state index contributed by atoms with van der Waals surface area (Å²) in [5.74, 6) is 0.279. The molecule has 1 atom stereocenters. The predicted molar refractivity (Wildman–Crippen MR) is 82.9 cm³/mol. The highest BCUT2D eigenvalue weighted by Gasteiger charge is 2.20. The molecule has 1 aromatic carbocycles. The van der Waals surface area contributed by atoms with Gasteiger partial charge in [0.1, 0.15) is 5.75 Å². The van der Waals surface area contributed by atoms with Crippen LogP contribution in [0.4, 0.5) is 0 Å². The van der Waals surface area contributed by atoms with Crippen molar-refractivity contribution in [2.24, 2.45) is 5.14 Å². The minimum atomic E-state index is -3.72. The van der Waals surface area contributed by atoms with E-state index in [1.165, 1.54) is 30.7 Å². The number of benzene rings is 1. The van der Waals surface area contributed by atoms with Crippen molar-refractivity contribution in [1.29, 1.82) is 0 Å². The van der Waals surface area contributed by atoms with E-state index in [-0.39, 0.29) is 16.8 Å². The average Bonchev–Trinajstić information content (AvgIpc) is 2.48. The number of carbonyl (C=O) groups is 1. The van der Waals surface area contributed by atoms with E-state index in [1.807, 2.05) is 0 Å². The molecule has 0 bridgehead atoms. The fourth-order valence-corrected chi connectivity index (χ4v) is 3.05. The number of ether oxygens (including phenoxy) is 1. The van der Waals surface area contributed by atoms with E-state index < -0.39 is 16.1 Å². The third-order valence-electron chi connectivity index (χ3n) is 3.79. The molecule has 2 rings (SSSR count). The normalized spacial score (nSPS) is 17.7. The van der Waals surface area contributed by atoms with Crippen molar-refractivity contribution >= 4 is 15.9 Å². The molecule has 1 amide bonds. The molecule has 1 aliphatic carbocycles. The van der Waals surface area contributed by atoms with Gasteiger partial charge in [-0.2, -0.15) is 0 Å². The molecule has 7 heteroatoms. The van der Waals surface area contributed by atoms with Gasteiger partial charge in [-0.3, -0.25) is 4.79 Å². The van der Waals surface area contributed by atoms with Crippen molar-refractivity contribution in [2.45, 2.75) is 56.1 Å². The van der Waals surface area contributed by atoms with Crippen molar-refractivity contribution in [1.82, 2.24) is 5.32 Å². The largest absolute Gasteiger partial charge is 0.481 e. The van der Waals surface area contributed by atoms with Gasteiger partial charge in [-0.15, -0.1) is 0 Å². The maximum atomic E-state index is 12.1. The van der Waals surface area contributed by atoms with Gasteiger partial charge in [0.05, 0.1) is 4.90 Å². The lowest BCUT2D eigenvalue weighted by Gasteiger charge is -2.24. The van der Waals surface area contributed by atoms with Crippen molar-refractivity contribution < 1.29 is 17.9 Å². The molecule has 1 aliphatic rings. The number of carbonyl (C=O) groups excluding carboxylic acids is 1. The van der Waals surface area contributed by atoms with Gasteiger partial charge in [-0.1, -0.05) is 19.3 Å². The molecular formula is C15H22N2O4S. The summed E-state index contributed by atoms with van der Waals surface area (Å²) in [6.45, 7) is 1.67. The Morgan fingerprint density at radius 3 is 2.36 bits per heavy atom. The van der Waals surface area contributed by atoms with Crippen LogP contribution in [0.5, 0.6) is 5.75 Å². The Bertz CT molecular complexity index is 607. The van der Waals surface area contributed by atoms with E-state index in [1.54, 1.807) is 6.92 Å². The molecule has 0 aliphatic heterocycles. The van der Waals surface area contributed by atoms with E-state index in [0.29, 0.717) is 5.75 Å². The Morgan fingerprint density at radius 2 is 1.82 bits per heavy atom. The van der Waals surface area contributed by atoms with E-state index in [0.717, 1.165) is 25.7 Å². The van der Waals surface area contributed by atoms with Crippen molar-refractivity contribution in [3.63, 3.8) is 0 Å². The zero-order chi connectivity index (χ0) is 16.2. The Kier molecular flexibility index (Phi) is 5.42. The first-order valence-electron chi connectivity index (χ1n) is 7.46. The third-order valence-corrected chi connectivity index (χ3v) is 4.72. The molecule has 0 radical (unpaired) electrons. The molecule has 22 heavy (non-hydrogen) atoms. The summed E-state index contributed by atoms with van der Waals surface area (Å²) in [5.41, 5.74) is 0. The minimum absolute atomic E-state index is 0.0131. The SMILES string of the molecule is C[C@@H](Oc1ccc(S(N)(=O)=O)cc1)C(=O)NC1CCCCC1. The highest BCUT2D eigenvalue weighted by Crippen LogP contribution is 2.19. The van der Waals surface area contributed by atoms with Crippen molar-refractivity contribution in [3.05, 3.63) is 24.3 Å². The molecule has 1 aromatic rings. The average molecular weight is 326 g/mol. The minimum Gasteiger partial charge on any atom is -0.481 e. The number of primary sulfonamides is 1. The smallest absolute Gasteiger partial charge is 0.260 e. The number of sulfonamides is 1. The van der Waals surface area contributed by atoms with Crippen molar-refractivity contribution in [2.75, 3.05) is 0 Å². The van der Waals surface area contributed by atoms with Gasteiger partial charge >= 0.3 is 0 Å². The summed E-state index contributed by atoms with van der Waals surface area (Å²) in [7, 11) is -3.72. The van der Waals surface area contributed by atoms with E-state index >= 15 is 0 Å². The van der Waals surface area contributed by atoms with Crippen LogP contribution in [-0.2, 0) is 14.8 Å². The zero-order valence-corrected chi connectivity index (χ0v) is 13.4. The number of rotatable bonds is 5. The van der Waals surface area contributed by atoms with Crippen LogP contribution in [0.2, 0.25) is 0 Å². The fourth-order valence-electron chi connectivity index (χ4n) is 2.53. The van der Waals surface area contributed by atoms with Gasteiger partial charge in [0.2, 0.25) is 10.0 Å². The summed E-state index contributed by atoms with van der Waals surface area (Å²) in [6.07, 6.45) is 4.92. The zero-order valence-electron chi connectivity index (χ0n) is 12.6. The van der Waals surface area contributed by atoms with Gasteiger partial charge in [0.25, 0.3) is 5.91 Å². The maximum absolute atomic E-state index is 12.1. The Labute approximate surface area is 131 Å². The van der Waals surface area contributed by atoms with Crippen LogP contribution in [0.15, 0.2) is 29.2 Å². The van der Waals surface area contributed by atoms with Crippen LogP contribution < -0.4 is 15.2 Å². The summed E-state index contributed by atoms with van der Waals surface area (Å²) >= 11 is 0. The number of nitrogens with two attached hydrogens (primary N) is 1. The lowest BCUT2D eigenvalue weighted by Crippen LogP contribution is -2.43. The topological polar surface area (TPSA) is 98.5 Å². The van der Waals surface area contributed by atoms with E-state index in [4.69, 9.17) is 9.88 Å². The Morgan fingerprint density at radius 1 is 1.23 bits per heavy atom. The van der Waals surface area contributed by atoms with Crippen LogP contribution in [0, 0.1) is 0 Å². The second-order valence-corrected chi connectivity index (χ2v) is 7.18. The van der Waals surface area contributed by atoms with E-state index in [2.05, 4.69) is 5.32 Å². The number of hydrogen-bond donors (Lipinski definition) is 2. The molecule has 0 saturated heterocycles. The van der Waals surface area contributed by atoms with Crippen LogP contribution in [0.3, 0.4) is 0 Å². The molecule has 0 unspecified atom stereocenters. The van der Waals surface area contributed by atoms with Gasteiger partial charge in [-0.05, 0) is 44.0 Å². The Balaban J connectivity index is 1.90. The van der Waals surface area contributed by atoms with Gasteiger partial charge in [0.15, 0.2) is 6.10 Å². The van der Waals surface area contributed by atoms with Gasteiger partial charge in [-0.25, -0.2) is 13.6 Å². The van der Waals surface area contributed by atoms with Crippen LogP contribution >= 0.6 is 0 Å². The number of hydrogen-bond acceptors (Lipinski definition) is 4. The van der Waals surface area contributed by atoms with Crippen LogP contribution in [0.25, 0.3) is 0 Å². The predicted octanol–water partition coefficient (Wildman–Crippen LogP) is 1.55. The first-order chi connectivity index (χ1) is 10.4. The summed E-state index contributed by atoms with van der Waals surface area (Å²) in [5, 5.41) is 8.02. The molecule has 0 spiro atoms. The molecular weight excluding hydrogens is 304 g/mol. The highest BCUT2D eigenvalue weighted by molar-refractivity contribution is 7.89. The van der Waals surface area contributed by atoms with Gasteiger partial charge in [0, 0.05) is 6.04 Å². The van der Waals surface area contributed by atoms with Crippen LogP contribution in [0.1, 0.15) is 39.0 Å². The molecule has 1 saturated carbocycles. The first kappa shape index (κ1) is 16.8. The molecule has 0 heterocycles. The second kappa shape index (κ2) is 7.11.